The number of hydrogen-bond donors (Lipinski definition) is 1. The highest BCUT2D eigenvalue weighted by molar-refractivity contribution is 5.17. The van der Waals surface area contributed by atoms with E-state index in [1.54, 1.807) is 19.2 Å². The molecule has 0 bridgehead atoms. The predicted molar refractivity (Wildman–Crippen MR) is 54.1 cm³/mol. The Morgan fingerprint density at radius 1 is 1.64 bits per heavy atom. The molecular formula is C11H13FN2. The van der Waals surface area contributed by atoms with Gasteiger partial charge in [-0.3, -0.25) is 10.3 Å². The molecule has 0 fully saturated rings. The van der Waals surface area contributed by atoms with Gasteiger partial charge in [-0.25, -0.2) is 4.39 Å². The van der Waals surface area contributed by atoms with E-state index < -0.39 is 0 Å². The third-order valence-electron chi connectivity index (χ3n) is 1.94. The quantitative estimate of drug-likeness (QED) is 0.740. The zero-order chi connectivity index (χ0) is 10.4. The van der Waals surface area contributed by atoms with Crippen LogP contribution in [0, 0.1) is 17.7 Å². The molecule has 1 unspecified atom stereocenters. The highest BCUT2D eigenvalue weighted by Crippen LogP contribution is 2.14. The van der Waals surface area contributed by atoms with Crippen LogP contribution in [0.25, 0.3) is 0 Å². The van der Waals surface area contributed by atoms with E-state index >= 15 is 0 Å². The van der Waals surface area contributed by atoms with Crippen molar-refractivity contribution in [1.82, 2.24) is 10.3 Å². The van der Waals surface area contributed by atoms with Crippen LogP contribution in [-0.4, -0.2) is 11.5 Å². The summed E-state index contributed by atoms with van der Waals surface area (Å²) in [5, 5.41) is 3.10. The van der Waals surface area contributed by atoms with E-state index in [0.717, 1.165) is 0 Å². The van der Waals surface area contributed by atoms with Crippen molar-refractivity contribution < 1.29 is 4.39 Å². The van der Waals surface area contributed by atoms with Gasteiger partial charge in [0.25, 0.3) is 0 Å². The third kappa shape index (κ3) is 2.82. The first-order chi connectivity index (χ1) is 6.75. The number of nitrogens with one attached hydrogen (secondary N) is 1. The van der Waals surface area contributed by atoms with Crippen LogP contribution in [0.1, 0.15) is 25.5 Å². The minimum atomic E-state index is -0.281. The van der Waals surface area contributed by atoms with Crippen LogP contribution in [0.5, 0.6) is 0 Å². The van der Waals surface area contributed by atoms with E-state index in [1.807, 2.05) is 6.92 Å². The topological polar surface area (TPSA) is 24.9 Å². The van der Waals surface area contributed by atoms with Crippen LogP contribution in [0.4, 0.5) is 4.39 Å². The molecule has 0 aliphatic heterocycles. The molecule has 0 saturated carbocycles. The number of pyridine rings is 1. The number of rotatable bonds is 3. The average Bonchev–Trinajstić information content (AvgIpc) is 2.18. The van der Waals surface area contributed by atoms with E-state index in [4.69, 9.17) is 0 Å². The lowest BCUT2D eigenvalue weighted by Gasteiger charge is -2.12. The van der Waals surface area contributed by atoms with Crippen LogP contribution in [0.15, 0.2) is 18.5 Å². The highest BCUT2D eigenvalue weighted by atomic mass is 19.1. The summed E-state index contributed by atoms with van der Waals surface area (Å²) in [6.07, 6.45) is 2.81. The van der Waals surface area contributed by atoms with E-state index in [1.165, 1.54) is 6.20 Å². The number of halogens is 1. The molecule has 14 heavy (non-hydrogen) atoms. The Labute approximate surface area is 83.6 Å². The van der Waals surface area contributed by atoms with Gasteiger partial charge in [-0.1, -0.05) is 5.92 Å². The monoisotopic (exact) mass is 192 g/mol. The summed E-state index contributed by atoms with van der Waals surface area (Å²) in [5.74, 6) is 5.36. The molecule has 74 valence electrons. The molecule has 0 radical (unpaired) electrons. The van der Waals surface area contributed by atoms with Crippen LogP contribution < -0.4 is 5.32 Å². The molecule has 1 atom stereocenters. The fraction of sp³-hybridized carbons (Fsp3) is 0.364. The van der Waals surface area contributed by atoms with Crippen LogP contribution in [-0.2, 0) is 0 Å². The van der Waals surface area contributed by atoms with Gasteiger partial charge in [-0.2, -0.15) is 0 Å². The molecule has 0 amide bonds. The van der Waals surface area contributed by atoms with Gasteiger partial charge >= 0.3 is 0 Å². The molecule has 0 aliphatic rings. The Balaban J connectivity index is 2.63. The molecule has 3 heteroatoms. The summed E-state index contributed by atoms with van der Waals surface area (Å²) in [7, 11) is 0. The SMILES string of the molecule is CC#CCNC(C)c1ccncc1F. The average molecular weight is 192 g/mol. The predicted octanol–water partition coefficient (Wildman–Crippen LogP) is 1.89. The van der Waals surface area contributed by atoms with Gasteiger partial charge in [0.1, 0.15) is 5.82 Å². The summed E-state index contributed by atoms with van der Waals surface area (Å²) >= 11 is 0. The van der Waals surface area contributed by atoms with Gasteiger partial charge in [0.05, 0.1) is 12.7 Å². The fourth-order valence-electron chi connectivity index (χ4n) is 1.14. The molecular weight excluding hydrogens is 179 g/mol. The molecule has 1 heterocycles. The Morgan fingerprint density at radius 2 is 2.43 bits per heavy atom. The first-order valence-corrected chi connectivity index (χ1v) is 4.48. The van der Waals surface area contributed by atoms with Crippen LogP contribution in [0.2, 0.25) is 0 Å². The van der Waals surface area contributed by atoms with Crippen molar-refractivity contribution in [3.8, 4) is 11.8 Å². The first kappa shape index (κ1) is 10.7. The molecule has 0 spiro atoms. The second-order valence-electron chi connectivity index (χ2n) is 2.93. The molecule has 0 aliphatic carbocycles. The van der Waals surface area contributed by atoms with Gasteiger partial charge in [0, 0.05) is 17.8 Å². The maximum Gasteiger partial charge on any atom is 0.146 e. The summed E-state index contributed by atoms with van der Waals surface area (Å²) in [6.45, 7) is 4.24. The number of nitrogens with zero attached hydrogens (tertiary/aromatic N) is 1. The Kier molecular flexibility index (Phi) is 4.09. The molecule has 1 N–H and O–H groups in total. The lowest BCUT2D eigenvalue weighted by atomic mass is 10.1. The van der Waals surface area contributed by atoms with Gasteiger partial charge in [0.2, 0.25) is 0 Å². The first-order valence-electron chi connectivity index (χ1n) is 4.48. The Morgan fingerprint density at radius 3 is 3.07 bits per heavy atom. The van der Waals surface area contributed by atoms with Crippen molar-refractivity contribution in [1.29, 1.82) is 0 Å². The minimum Gasteiger partial charge on any atom is -0.299 e. The molecule has 0 saturated heterocycles. The lowest BCUT2D eigenvalue weighted by Crippen LogP contribution is -2.19. The number of aromatic nitrogens is 1. The molecule has 0 aromatic carbocycles. The van der Waals surface area contributed by atoms with Crippen molar-refractivity contribution in [2.24, 2.45) is 0 Å². The second-order valence-corrected chi connectivity index (χ2v) is 2.93. The van der Waals surface area contributed by atoms with Gasteiger partial charge < -0.3 is 0 Å². The maximum atomic E-state index is 13.2. The minimum absolute atomic E-state index is 0.0427. The van der Waals surface area contributed by atoms with E-state index in [-0.39, 0.29) is 11.9 Å². The van der Waals surface area contributed by atoms with Gasteiger partial charge in [0.15, 0.2) is 0 Å². The zero-order valence-electron chi connectivity index (χ0n) is 8.34. The van der Waals surface area contributed by atoms with Crippen LogP contribution in [0.3, 0.4) is 0 Å². The molecule has 1 rings (SSSR count). The van der Waals surface area contributed by atoms with Crippen molar-refractivity contribution in [2.75, 3.05) is 6.54 Å². The van der Waals surface area contributed by atoms with Crippen molar-refractivity contribution in [3.63, 3.8) is 0 Å². The molecule has 2 nitrogen and oxygen atoms in total. The van der Waals surface area contributed by atoms with Crippen molar-refractivity contribution in [3.05, 3.63) is 29.8 Å². The van der Waals surface area contributed by atoms with Gasteiger partial charge in [-0.15, -0.1) is 5.92 Å². The standard InChI is InChI=1S/C11H13FN2/c1-3-4-6-14-9(2)10-5-7-13-8-11(10)12/h5,7-9,14H,6H2,1-2H3. The smallest absolute Gasteiger partial charge is 0.146 e. The third-order valence-corrected chi connectivity index (χ3v) is 1.94. The summed E-state index contributed by atoms with van der Waals surface area (Å²) < 4.78 is 13.2. The number of hydrogen-bond acceptors (Lipinski definition) is 2. The largest absolute Gasteiger partial charge is 0.299 e. The molecule has 1 aromatic heterocycles. The van der Waals surface area contributed by atoms with Crippen molar-refractivity contribution in [2.45, 2.75) is 19.9 Å². The second kappa shape index (κ2) is 5.36. The summed E-state index contributed by atoms with van der Waals surface area (Å²) in [5.41, 5.74) is 0.623. The maximum absolute atomic E-state index is 13.2. The van der Waals surface area contributed by atoms with E-state index in [9.17, 15) is 4.39 Å². The van der Waals surface area contributed by atoms with Gasteiger partial charge in [-0.05, 0) is 19.9 Å². The zero-order valence-corrected chi connectivity index (χ0v) is 8.34. The van der Waals surface area contributed by atoms with E-state index in [2.05, 4.69) is 22.1 Å². The molecule has 1 aromatic rings. The Bertz CT molecular complexity index is 352. The fourth-order valence-corrected chi connectivity index (χ4v) is 1.14. The van der Waals surface area contributed by atoms with E-state index in [0.29, 0.717) is 12.1 Å². The normalized spacial score (nSPS) is 11.6. The summed E-state index contributed by atoms with van der Waals surface area (Å²) in [6, 6.07) is 1.63. The highest BCUT2D eigenvalue weighted by Gasteiger charge is 2.08. The van der Waals surface area contributed by atoms with Crippen molar-refractivity contribution >= 4 is 0 Å². The summed E-state index contributed by atoms with van der Waals surface area (Å²) in [4.78, 5) is 3.69. The lowest BCUT2D eigenvalue weighted by molar-refractivity contribution is 0.547. The van der Waals surface area contributed by atoms with Crippen LogP contribution >= 0.6 is 0 Å². The Hall–Kier alpha value is -1.40.